The Morgan fingerprint density at radius 1 is 0.419 bits per heavy atom. The summed E-state index contributed by atoms with van der Waals surface area (Å²) in [5.41, 5.74) is 10.9. The average Bonchev–Trinajstić information content (AvgIpc) is 3.83. The molecule has 8 aromatic heterocycles. The van der Waals surface area contributed by atoms with Gasteiger partial charge in [0, 0.05) is 83.0 Å². The number of rotatable bonds is 4. The zero-order valence-corrected chi connectivity index (χ0v) is 22.6. The quantitative estimate of drug-likeness (QED) is 0.261. The van der Waals surface area contributed by atoms with Crippen LogP contribution in [0.25, 0.3) is 66.6 Å². The van der Waals surface area contributed by atoms with Crippen molar-refractivity contribution in [2.24, 2.45) is 0 Å². The second kappa shape index (κ2) is 8.89. The second-order valence-corrected chi connectivity index (χ2v) is 10.6. The van der Waals surface area contributed by atoms with E-state index in [1.54, 1.807) is 24.8 Å². The Labute approximate surface area is 244 Å². The van der Waals surface area contributed by atoms with Crippen LogP contribution in [0.3, 0.4) is 0 Å². The fourth-order valence-electron chi connectivity index (χ4n) is 6.12. The maximum Gasteiger partial charge on any atom is 0.124 e. The summed E-state index contributed by atoms with van der Waals surface area (Å²) in [7, 11) is 0. The van der Waals surface area contributed by atoms with Crippen LogP contribution in [0.2, 0.25) is 0 Å². The molecule has 43 heavy (non-hydrogen) atoms. The van der Waals surface area contributed by atoms with Crippen molar-refractivity contribution >= 4 is 22.1 Å². The van der Waals surface area contributed by atoms with Crippen molar-refractivity contribution in [1.29, 1.82) is 0 Å². The van der Waals surface area contributed by atoms with E-state index in [9.17, 15) is 5.11 Å². The Morgan fingerprint density at radius 3 is 1.23 bits per heavy atom. The summed E-state index contributed by atoms with van der Waals surface area (Å²) in [6, 6.07) is 26.0. The normalized spacial score (nSPS) is 11.8. The van der Waals surface area contributed by atoms with E-state index < -0.39 is 0 Å². The van der Waals surface area contributed by atoms with Crippen molar-refractivity contribution in [3.05, 3.63) is 128 Å². The Morgan fingerprint density at radius 2 is 0.791 bits per heavy atom. The van der Waals surface area contributed by atoms with Crippen LogP contribution in [0.15, 0.2) is 128 Å². The smallest absolute Gasteiger partial charge is 0.124 e. The van der Waals surface area contributed by atoms with Crippen LogP contribution in [-0.4, -0.2) is 43.6 Å². The van der Waals surface area contributed by atoms with Crippen LogP contribution in [0.4, 0.5) is 0 Å². The highest BCUT2D eigenvalue weighted by Crippen LogP contribution is 2.50. The first-order chi connectivity index (χ1) is 21.2. The van der Waals surface area contributed by atoms with Gasteiger partial charge in [-0.2, -0.15) is 20.4 Å². The Kier molecular flexibility index (Phi) is 4.85. The highest BCUT2D eigenvalue weighted by Gasteiger charge is 2.26. The van der Waals surface area contributed by atoms with Crippen LogP contribution < -0.4 is 0 Å². The molecular weight excluding hydrogens is 536 g/mol. The predicted molar refractivity (Wildman–Crippen MR) is 165 cm³/mol. The van der Waals surface area contributed by atoms with Gasteiger partial charge in [-0.3, -0.25) is 0 Å². The molecule has 0 radical (unpaired) electrons. The molecule has 0 aliphatic carbocycles. The van der Waals surface area contributed by atoms with Crippen molar-refractivity contribution in [2.75, 3.05) is 0 Å². The minimum absolute atomic E-state index is 0.165. The number of benzene rings is 1. The summed E-state index contributed by atoms with van der Waals surface area (Å²) in [4.78, 5) is 0. The topological polar surface area (TPSA) is 89.4 Å². The molecule has 0 atom stereocenters. The maximum absolute atomic E-state index is 11.9. The van der Waals surface area contributed by atoms with Crippen molar-refractivity contribution in [3.8, 4) is 50.3 Å². The van der Waals surface area contributed by atoms with E-state index in [-0.39, 0.29) is 5.75 Å². The van der Waals surface area contributed by atoms with Crippen LogP contribution in [0.1, 0.15) is 0 Å². The van der Waals surface area contributed by atoms with E-state index in [2.05, 4.69) is 44.7 Å². The van der Waals surface area contributed by atoms with Crippen molar-refractivity contribution in [2.45, 2.75) is 0 Å². The lowest BCUT2D eigenvalue weighted by Crippen LogP contribution is -1.94. The fourth-order valence-corrected chi connectivity index (χ4v) is 6.12. The second-order valence-electron chi connectivity index (χ2n) is 10.6. The molecule has 0 unspecified atom stereocenters. The molecule has 0 aliphatic rings. The largest absolute Gasteiger partial charge is 0.507 e. The third-order valence-corrected chi connectivity index (χ3v) is 7.98. The zero-order valence-electron chi connectivity index (χ0n) is 22.6. The number of aromatic nitrogens is 8. The van der Waals surface area contributed by atoms with Crippen molar-refractivity contribution in [3.63, 3.8) is 0 Å². The average molecular weight is 559 g/mol. The van der Waals surface area contributed by atoms with Gasteiger partial charge in [0.2, 0.25) is 0 Å². The van der Waals surface area contributed by atoms with Gasteiger partial charge >= 0.3 is 0 Å². The summed E-state index contributed by atoms with van der Waals surface area (Å²) in [6.45, 7) is 0. The number of hydrogen-bond donors (Lipinski definition) is 1. The molecule has 8 heterocycles. The van der Waals surface area contributed by atoms with Gasteiger partial charge in [0.25, 0.3) is 0 Å². The molecule has 0 bridgehead atoms. The molecule has 1 aromatic carbocycles. The SMILES string of the molecule is Oc1cc(-c2cc3cccnn3c2)c(-c2cc3cccnn3c2)c(-c2cc3cccnn3c2)c1-c1cc2cccnn2c1. The van der Waals surface area contributed by atoms with Crippen molar-refractivity contribution in [1.82, 2.24) is 38.5 Å². The first-order valence-electron chi connectivity index (χ1n) is 13.8. The van der Waals surface area contributed by atoms with Gasteiger partial charge < -0.3 is 5.11 Å². The van der Waals surface area contributed by atoms with E-state index >= 15 is 0 Å². The van der Waals surface area contributed by atoms with Crippen LogP contribution in [0, 0.1) is 0 Å². The molecule has 9 aromatic rings. The Hall–Kier alpha value is -6.22. The molecule has 0 saturated carbocycles. The molecule has 0 saturated heterocycles. The van der Waals surface area contributed by atoms with Crippen LogP contribution in [0.5, 0.6) is 5.75 Å². The predicted octanol–water partition coefficient (Wildman–Crippen LogP) is 6.65. The molecule has 1 N–H and O–H groups in total. The third kappa shape index (κ3) is 3.65. The van der Waals surface area contributed by atoms with Gasteiger partial charge in [-0.15, -0.1) is 0 Å². The minimum Gasteiger partial charge on any atom is -0.507 e. The number of nitrogens with zero attached hydrogens (tertiary/aromatic N) is 8. The Bertz CT molecular complexity index is 2360. The van der Waals surface area contributed by atoms with E-state index in [0.29, 0.717) is 5.56 Å². The molecule has 0 amide bonds. The molecular formula is C34H22N8O. The van der Waals surface area contributed by atoms with Gasteiger partial charge in [-0.25, -0.2) is 18.1 Å². The molecule has 0 fully saturated rings. The van der Waals surface area contributed by atoms with E-state index in [4.69, 9.17) is 0 Å². The molecule has 0 spiro atoms. The van der Waals surface area contributed by atoms with Gasteiger partial charge in [-0.1, -0.05) is 0 Å². The number of fused-ring (bicyclic) bond motifs is 4. The van der Waals surface area contributed by atoms with Gasteiger partial charge in [-0.05, 0) is 90.0 Å². The number of aromatic hydroxyl groups is 1. The van der Waals surface area contributed by atoms with E-state index in [1.807, 2.05) is 97.4 Å². The molecule has 9 rings (SSSR count). The van der Waals surface area contributed by atoms with Crippen LogP contribution >= 0.6 is 0 Å². The zero-order chi connectivity index (χ0) is 28.5. The lowest BCUT2D eigenvalue weighted by molar-refractivity contribution is 0.478. The fraction of sp³-hybridized carbons (Fsp3) is 0. The third-order valence-electron chi connectivity index (χ3n) is 7.98. The highest BCUT2D eigenvalue weighted by molar-refractivity contribution is 6.05. The molecule has 9 nitrogen and oxygen atoms in total. The number of hydrogen-bond acceptors (Lipinski definition) is 5. The van der Waals surface area contributed by atoms with E-state index in [0.717, 1.165) is 61.0 Å². The summed E-state index contributed by atoms with van der Waals surface area (Å²) in [5, 5.41) is 30.0. The van der Waals surface area contributed by atoms with Crippen molar-refractivity contribution < 1.29 is 5.11 Å². The lowest BCUT2D eigenvalue weighted by Gasteiger charge is -2.19. The first-order valence-corrected chi connectivity index (χ1v) is 13.8. The molecule has 9 heteroatoms. The Balaban J connectivity index is 1.45. The highest BCUT2D eigenvalue weighted by atomic mass is 16.3. The first kappa shape index (κ1) is 23.5. The number of phenols is 1. The minimum atomic E-state index is 0.165. The van der Waals surface area contributed by atoms with Crippen LogP contribution in [-0.2, 0) is 0 Å². The monoisotopic (exact) mass is 558 g/mol. The van der Waals surface area contributed by atoms with Gasteiger partial charge in [0.1, 0.15) is 5.75 Å². The summed E-state index contributed by atoms with van der Waals surface area (Å²) >= 11 is 0. The maximum atomic E-state index is 11.9. The molecule has 204 valence electrons. The van der Waals surface area contributed by atoms with E-state index in [1.165, 1.54) is 0 Å². The summed E-state index contributed by atoms with van der Waals surface area (Å²) in [6.07, 6.45) is 15.1. The number of phenolic OH excluding ortho intramolecular Hbond substituents is 1. The van der Waals surface area contributed by atoms with Gasteiger partial charge in [0.15, 0.2) is 0 Å². The summed E-state index contributed by atoms with van der Waals surface area (Å²) in [5.74, 6) is 0.165. The summed E-state index contributed by atoms with van der Waals surface area (Å²) < 4.78 is 7.41. The molecule has 0 aliphatic heterocycles. The standard InChI is InChI=1S/C34H22N8O/c43-31-17-30(22-13-26-5-1-9-35-39(26)18-22)32(23-14-27-6-2-10-36-40(27)19-23)34(25-16-29-8-4-12-38-42(29)21-25)33(31)24-15-28-7-3-11-37-41(28)20-24/h1-21,43H. The lowest BCUT2D eigenvalue weighted by atomic mass is 9.84. The van der Waals surface area contributed by atoms with Gasteiger partial charge in [0.05, 0.1) is 22.1 Å².